The molecule has 0 aliphatic heterocycles. The third kappa shape index (κ3) is 4.04. The molecule has 1 aromatic heterocycles. The average molecular weight is 298 g/mol. The average Bonchev–Trinajstić information content (AvgIpc) is 2.50. The molecule has 21 heavy (non-hydrogen) atoms. The van der Waals surface area contributed by atoms with E-state index in [1.807, 2.05) is 13.0 Å². The van der Waals surface area contributed by atoms with E-state index in [1.165, 1.54) is 11.8 Å². The molecule has 0 aliphatic rings. The number of thioether (sulfide) groups is 1. The number of anilines is 1. The summed E-state index contributed by atoms with van der Waals surface area (Å²) in [4.78, 5) is 20.5. The third-order valence-corrected chi connectivity index (χ3v) is 3.70. The van der Waals surface area contributed by atoms with Crippen LogP contribution in [0.4, 0.5) is 5.69 Å². The predicted octanol–water partition coefficient (Wildman–Crippen LogP) is 2.78. The van der Waals surface area contributed by atoms with Crippen LogP contribution in [0.3, 0.4) is 0 Å². The van der Waals surface area contributed by atoms with Crippen molar-refractivity contribution in [3.05, 3.63) is 47.8 Å². The molecule has 1 N–H and O–H groups in total. The molecule has 1 unspecified atom stereocenters. The van der Waals surface area contributed by atoms with E-state index in [0.717, 1.165) is 5.56 Å². The lowest BCUT2D eigenvalue weighted by Gasteiger charge is -2.11. The van der Waals surface area contributed by atoms with Gasteiger partial charge in [0.2, 0.25) is 5.91 Å². The Morgan fingerprint density at radius 2 is 2.00 bits per heavy atom. The molecule has 0 fully saturated rings. The largest absolute Gasteiger partial charge is 0.324 e. The van der Waals surface area contributed by atoms with Crippen LogP contribution in [0.1, 0.15) is 18.1 Å². The van der Waals surface area contributed by atoms with E-state index in [0.29, 0.717) is 16.4 Å². The lowest BCUT2D eigenvalue weighted by Crippen LogP contribution is -2.23. The number of hydrogen-bond donors (Lipinski definition) is 1. The van der Waals surface area contributed by atoms with Crippen LogP contribution in [0, 0.1) is 18.3 Å². The normalized spacial score (nSPS) is 11.5. The summed E-state index contributed by atoms with van der Waals surface area (Å²) in [5.74, 6) is -0.188. The zero-order valence-electron chi connectivity index (χ0n) is 11.7. The minimum Gasteiger partial charge on any atom is -0.324 e. The molecule has 0 radical (unpaired) electrons. The van der Waals surface area contributed by atoms with Gasteiger partial charge in [0.1, 0.15) is 6.07 Å². The van der Waals surface area contributed by atoms with Gasteiger partial charge < -0.3 is 5.32 Å². The van der Waals surface area contributed by atoms with Crippen LogP contribution in [0.2, 0.25) is 0 Å². The maximum Gasteiger partial charge on any atom is 0.237 e. The molecule has 0 bridgehead atoms. The summed E-state index contributed by atoms with van der Waals surface area (Å²) in [6, 6.07) is 8.95. The Hall–Kier alpha value is -2.39. The monoisotopic (exact) mass is 298 g/mol. The van der Waals surface area contributed by atoms with E-state index in [1.54, 1.807) is 43.6 Å². The number of amides is 1. The number of aryl methyl sites for hydroxylation is 1. The van der Waals surface area contributed by atoms with E-state index in [-0.39, 0.29) is 11.2 Å². The molecular formula is C15H14N4OS. The Labute approximate surface area is 127 Å². The van der Waals surface area contributed by atoms with Crippen molar-refractivity contribution in [3.8, 4) is 6.07 Å². The molecule has 1 heterocycles. The molecule has 2 aromatic rings. The summed E-state index contributed by atoms with van der Waals surface area (Å²) in [5, 5.41) is 12.0. The minimum absolute atomic E-state index is 0.188. The molecular weight excluding hydrogens is 284 g/mol. The molecule has 0 aliphatic carbocycles. The molecule has 0 spiro atoms. The first-order valence-corrected chi connectivity index (χ1v) is 7.23. The molecule has 6 heteroatoms. The Kier molecular flexibility index (Phi) is 4.90. The number of hydrogen-bond acceptors (Lipinski definition) is 5. The number of para-hydroxylation sites is 1. The number of aromatic nitrogens is 2. The number of benzene rings is 1. The van der Waals surface area contributed by atoms with Crippen LogP contribution in [0.15, 0.2) is 41.8 Å². The number of nitrogens with zero attached hydrogens (tertiary/aromatic N) is 3. The van der Waals surface area contributed by atoms with Crippen molar-refractivity contribution < 1.29 is 4.79 Å². The molecule has 1 amide bonds. The maximum atomic E-state index is 12.2. The fourth-order valence-corrected chi connectivity index (χ4v) is 2.29. The van der Waals surface area contributed by atoms with Gasteiger partial charge in [0.05, 0.1) is 16.5 Å². The summed E-state index contributed by atoms with van der Waals surface area (Å²) in [6.07, 6.45) is 3.43. The second-order valence-corrected chi connectivity index (χ2v) is 5.76. The molecule has 0 saturated carbocycles. The summed E-state index contributed by atoms with van der Waals surface area (Å²) < 4.78 is 0. The fourth-order valence-electron chi connectivity index (χ4n) is 1.58. The van der Waals surface area contributed by atoms with Crippen LogP contribution < -0.4 is 5.32 Å². The summed E-state index contributed by atoms with van der Waals surface area (Å²) in [7, 11) is 0. The Balaban J connectivity index is 2.03. The zero-order valence-corrected chi connectivity index (χ0v) is 12.5. The van der Waals surface area contributed by atoms with Gasteiger partial charge in [-0.05, 0) is 31.5 Å². The first kappa shape index (κ1) is 15.0. The molecule has 1 aromatic carbocycles. The number of nitriles is 1. The van der Waals surface area contributed by atoms with Gasteiger partial charge >= 0.3 is 0 Å². The van der Waals surface area contributed by atoms with E-state index < -0.39 is 0 Å². The first-order valence-electron chi connectivity index (χ1n) is 6.35. The Bertz CT molecular complexity index is 679. The molecule has 5 nitrogen and oxygen atoms in total. The van der Waals surface area contributed by atoms with Crippen molar-refractivity contribution in [1.82, 2.24) is 9.97 Å². The lowest BCUT2D eigenvalue weighted by atomic mass is 10.2. The maximum absolute atomic E-state index is 12.2. The standard InChI is InChI=1S/C15H14N4OS/c1-10-8-17-15(18-9-10)21-11(2)14(20)19-13-6-4-3-5-12(13)7-16/h3-6,8-9,11H,1-2H3,(H,19,20). The summed E-state index contributed by atoms with van der Waals surface area (Å²) in [6.45, 7) is 3.68. The quantitative estimate of drug-likeness (QED) is 0.693. The van der Waals surface area contributed by atoms with Crippen LogP contribution in [-0.4, -0.2) is 21.1 Å². The summed E-state index contributed by atoms with van der Waals surface area (Å²) >= 11 is 1.28. The van der Waals surface area contributed by atoms with Gasteiger partial charge in [0, 0.05) is 12.4 Å². The van der Waals surface area contributed by atoms with Gasteiger partial charge in [0.25, 0.3) is 0 Å². The number of carbonyl (C=O) groups excluding carboxylic acids is 1. The van der Waals surface area contributed by atoms with Crippen molar-refractivity contribution in [2.24, 2.45) is 0 Å². The van der Waals surface area contributed by atoms with Crippen molar-refractivity contribution in [2.45, 2.75) is 24.3 Å². The molecule has 1 atom stereocenters. The fraction of sp³-hybridized carbons (Fsp3) is 0.200. The third-order valence-electron chi connectivity index (χ3n) is 2.71. The van der Waals surface area contributed by atoms with E-state index in [2.05, 4.69) is 15.3 Å². The summed E-state index contributed by atoms with van der Waals surface area (Å²) in [5.41, 5.74) is 1.93. The molecule has 0 saturated heterocycles. The van der Waals surface area contributed by atoms with Gasteiger partial charge in [-0.1, -0.05) is 23.9 Å². The highest BCUT2D eigenvalue weighted by Gasteiger charge is 2.17. The predicted molar refractivity (Wildman–Crippen MR) is 81.9 cm³/mol. The van der Waals surface area contributed by atoms with Crippen LogP contribution in [0.5, 0.6) is 0 Å². The zero-order chi connectivity index (χ0) is 15.2. The second kappa shape index (κ2) is 6.86. The van der Waals surface area contributed by atoms with Crippen molar-refractivity contribution in [2.75, 3.05) is 5.32 Å². The smallest absolute Gasteiger partial charge is 0.237 e. The van der Waals surface area contributed by atoms with Crippen LogP contribution in [0.25, 0.3) is 0 Å². The van der Waals surface area contributed by atoms with Crippen molar-refractivity contribution in [3.63, 3.8) is 0 Å². The Morgan fingerprint density at radius 3 is 2.67 bits per heavy atom. The number of nitrogens with one attached hydrogen (secondary N) is 1. The Morgan fingerprint density at radius 1 is 1.33 bits per heavy atom. The van der Waals surface area contributed by atoms with Gasteiger partial charge in [-0.2, -0.15) is 5.26 Å². The van der Waals surface area contributed by atoms with Crippen LogP contribution in [-0.2, 0) is 4.79 Å². The van der Waals surface area contributed by atoms with Crippen LogP contribution >= 0.6 is 11.8 Å². The molecule has 2 rings (SSSR count). The first-order chi connectivity index (χ1) is 10.1. The second-order valence-electron chi connectivity index (χ2n) is 4.45. The van der Waals surface area contributed by atoms with E-state index >= 15 is 0 Å². The van der Waals surface area contributed by atoms with Gasteiger partial charge in [-0.25, -0.2) is 9.97 Å². The number of rotatable bonds is 4. The highest BCUT2D eigenvalue weighted by atomic mass is 32.2. The van der Waals surface area contributed by atoms with Gasteiger partial charge in [-0.3, -0.25) is 4.79 Å². The van der Waals surface area contributed by atoms with E-state index in [4.69, 9.17) is 5.26 Å². The minimum atomic E-state index is -0.362. The molecule has 106 valence electrons. The lowest BCUT2D eigenvalue weighted by molar-refractivity contribution is -0.115. The SMILES string of the molecule is Cc1cnc(SC(C)C(=O)Nc2ccccc2C#N)nc1. The van der Waals surface area contributed by atoms with E-state index in [9.17, 15) is 4.79 Å². The van der Waals surface area contributed by atoms with Gasteiger partial charge in [0.15, 0.2) is 5.16 Å². The topological polar surface area (TPSA) is 78.7 Å². The van der Waals surface area contributed by atoms with Crippen molar-refractivity contribution in [1.29, 1.82) is 5.26 Å². The van der Waals surface area contributed by atoms with Crippen molar-refractivity contribution >= 4 is 23.4 Å². The highest BCUT2D eigenvalue weighted by Crippen LogP contribution is 2.21. The van der Waals surface area contributed by atoms with Gasteiger partial charge in [-0.15, -0.1) is 0 Å². The number of carbonyl (C=O) groups is 1. The highest BCUT2D eigenvalue weighted by molar-refractivity contribution is 8.00.